The summed E-state index contributed by atoms with van der Waals surface area (Å²) < 4.78 is 13.0. The summed E-state index contributed by atoms with van der Waals surface area (Å²) in [6.07, 6.45) is 0. The van der Waals surface area contributed by atoms with Gasteiger partial charge in [-0.1, -0.05) is 6.07 Å². The van der Waals surface area contributed by atoms with Crippen LogP contribution in [0.5, 0.6) is 0 Å². The summed E-state index contributed by atoms with van der Waals surface area (Å²) in [5, 5.41) is 8.79. The number of carbonyl (C=O) groups excluding carboxylic acids is 1. The number of carbonyl (C=O) groups is 2. The first kappa shape index (κ1) is 12.8. The van der Waals surface area contributed by atoms with Crippen molar-refractivity contribution in [2.45, 2.75) is 18.3 Å². The Morgan fingerprint density at radius 2 is 2.28 bits per heavy atom. The molecule has 1 aliphatic rings. The second-order valence-corrected chi connectivity index (χ2v) is 5.19. The molecule has 1 aromatic rings. The lowest BCUT2D eigenvalue weighted by Gasteiger charge is -2.24. The molecule has 2 atom stereocenters. The molecule has 2 unspecified atom stereocenters. The highest BCUT2D eigenvalue weighted by Gasteiger charge is 2.40. The Kier molecular flexibility index (Phi) is 3.51. The Balaban J connectivity index is 2.29. The first-order valence-corrected chi connectivity index (χ1v) is 6.35. The predicted molar refractivity (Wildman–Crippen MR) is 63.7 cm³/mol. The minimum atomic E-state index is -1.06. The quantitative estimate of drug-likeness (QED) is 0.818. The van der Waals surface area contributed by atoms with Gasteiger partial charge in [0, 0.05) is 5.75 Å². The van der Waals surface area contributed by atoms with Crippen LogP contribution in [0.4, 0.5) is 4.39 Å². The monoisotopic (exact) mass is 270 g/mol. The van der Waals surface area contributed by atoms with E-state index in [9.17, 15) is 14.0 Å². The van der Waals surface area contributed by atoms with Gasteiger partial charge in [-0.3, -0.25) is 4.79 Å². The third-order valence-corrected chi connectivity index (χ3v) is 3.89. The zero-order valence-electron chi connectivity index (χ0n) is 9.54. The van der Waals surface area contributed by atoms with E-state index in [-0.39, 0.29) is 11.1 Å². The van der Waals surface area contributed by atoms with Gasteiger partial charge in [-0.25, -0.2) is 9.78 Å². The summed E-state index contributed by atoms with van der Waals surface area (Å²) in [4.78, 5) is 27.9. The van der Waals surface area contributed by atoms with Crippen molar-refractivity contribution in [1.29, 1.82) is 0 Å². The molecule has 0 aromatic carbocycles. The Morgan fingerprint density at radius 1 is 1.56 bits per heavy atom. The number of aliphatic carboxylic acids is 1. The molecule has 1 amide bonds. The molecule has 96 valence electrons. The van der Waals surface area contributed by atoms with Gasteiger partial charge in [0.2, 0.25) is 5.95 Å². The fraction of sp³-hybridized carbons (Fsp3) is 0.364. The Morgan fingerprint density at radius 3 is 2.89 bits per heavy atom. The van der Waals surface area contributed by atoms with E-state index in [0.29, 0.717) is 5.75 Å². The minimum absolute atomic E-state index is 0.0735. The van der Waals surface area contributed by atoms with Crippen LogP contribution < -0.4 is 0 Å². The largest absolute Gasteiger partial charge is 0.480 e. The number of hydrogen-bond donors (Lipinski definition) is 1. The number of amides is 1. The van der Waals surface area contributed by atoms with Gasteiger partial charge in [-0.2, -0.15) is 4.39 Å². The highest BCUT2D eigenvalue weighted by molar-refractivity contribution is 8.00. The maximum atomic E-state index is 13.0. The zero-order valence-corrected chi connectivity index (χ0v) is 10.4. The van der Waals surface area contributed by atoms with Crippen molar-refractivity contribution in [2.75, 3.05) is 5.75 Å². The maximum Gasteiger partial charge on any atom is 0.327 e. The smallest absolute Gasteiger partial charge is 0.327 e. The average molecular weight is 270 g/mol. The molecule has 0 aliphatic carbocycles. The Hall–Kier alpha value is -1.63. The number of nitrogens with zero attached hydrogens (tertiary/aromatic N) is 2. The van der Waals surface area contributed by atoms with E-state index in [4.69, 9.17) is 5.11 Å². The lowest BCUT2D eigenvalue weighted by molar-refractivity contribution is -0.141. The van der Waals surface area contributed by atoms with Crippen LogP contribution in [0.2, 0.25) is 0 Å². The summed E-state index contributed by atoms with van der Waals surface area (Å²) >= 11 is 1.37. The fourth-order valence-electron chi connectivity index (χ4n) is 1.80. The number of thioether (sulfide) groups is 1. The number of aromatic nitrogens is 1. The average Bonchev–Trinajstić information content (AvgIpc) is 2.70. The Bertz CT molecular complexity index is 497. The van der Waals surface area contributed by atoms with Crippen LogP contribution in [0.3, 0.4) is 0 Å². The van der Waals surface area contributed by atoms with Crippen LogP contribution in [0.1, 0.15) is 17.4 Å². The molecule has 18 heavy (non-hydrogen) atoms. The standard InChI is InChI=1S/C11H11FN2O3S/c1-6-14(8(5-18-6)11(16)17)10(15)7-3-2-4-9(12)13-7/h2-4,6,8H,5H2,1H3,(H,16,17). The van der Waals surface area contributed by atoms with Gasteiger partial charge in [0.15, 0.2) is 0 Å². The summed E-state index contributed by atoms with van der Waals surface area (Å²) in [6.45, 7) is 1.74. The van der Waals surface area contributed by atoms with Crippen LogP contribution >= 0.6 is 11.8 Å². The first-order valence-electron chi connectivity index (χ1n) is 5.30. The normalized spacial score (nSPS) is 23.1. The number of halogens is 1. The third kappa shape index (κ3) is 2.31. The van der Waals surface area contributed by atoms with Crippen molar-refractivity contribution >= 4 is 23.6 Å². The molecular formula is C11H11FN2O3S. The van der Waals surface area contributed by atoms with Gasteiger partial charge in [0.25, 0.3) is 5.91 Å². The van der Waals surface area contributed by atoms with Crippen LogP contribution in [0.15, 0.2) is 18.2 Å². The lowest BCUT2D eigenvalue weighted by Crippen LogP contribution is -2.45. The molecule has 7 heteroatoms. The van der Waals surface area contributed by atoms with Gasteiger partial charge in [-0.05, 0) is 19.1 Å². The van der Waals surface area contributed by atoms with Crippen LogP contribution in [0.25, 0.3) is 0 Å². The van der Waals surface area contributed by atoms with E-state index < -0.39 is 23.9 Å². The van der Waals surface area contributed by atoms with Crippen molar-refractivity contribution < 1.29 is 19.1 Å². The van der Waals surface area contributed by atoms with E-state index in [1.807, 2.05) is 0 Å². The second kappa shape index (κ2) is 4.93. The van der Waals surface area contributed by atoms with Gasteiger partial charge < -0.3 is 10.0 Å². The summed E-state index contributed by atoms with van der Waals surface area (Å²) in [7, 11) is 0. The predicted octanol–water partition coefficient (Wildman–Crippen LogP) is 1.21. The molecule has 2 heterocycles. The number of carboxylic acid groups (broad SMARTS) is 1. The van der Waals surface area contributed by atoms with Crippen molar-refractivity contribution in [3.05, 3.63) is 29.8 Å². The SMILES string of the molecule is CC1SCC(C(=O)O)N1C(=O)c1cccc(F)n1. The topological polar surface area (TPSA) is 70.5 Å². The lowest BCUT2D eigenvalue weighted by atomic mass is 10.2. The highest BCUT2D eigenvalue weighted by atomic mass is 32.2. The van der Waals surface area contributed by atoms with Crippen LogP contribution in [-0.2, 0) is 4.79 Å². The molecular weight excluding hydrogens is 259 g/mol. The van der Waals surface area contributed by atoms with Crippen molar-refractivity contribution in [2.24, 2.45) is 0 Å². The number of carboxylic acids is 1. The molecule has 1 aromatic heterocycles. The second-order valence-electron chi connectivity index (χ2n) is 3.84. The van der Waals surface area contributed by atoms with Crippen molar-refractivity contribution in [1.82, 2.24) is 9.88 Å². The molecule has 1 N–H and O–H groups in total. The van der Waals surface area contributed by atoms with Gasteiger partial charge >= 0.3 is 5.97 Å². The summed E-state index contributed by atoms with van der Waals surface area (Å²) in [6, 6.07) is 3.00. The van der Waals surface area contributed by atoms with Gasteiger partial charge in [-0.15, -0.1) is 11.8 Å². The summed E-state index contributed by atoms with van der Waals surface area (Å²) in [5.74, 6) is -2.04. The van der Waals surface area contributed by atoms with E-state index in [2.05, 4.69) is 4.98 Å². The summed E-state index contributed by atoms with van der Waals surface area (Å²) in [5.41, 5.74) is -0.0735. The maximum absolute atomic E-state index is 13.0. The van der Waals surface area contributed by atoms with Gasteiger partial charge in [0.1, 0.15) is 11.7 Å². The zero-order chi connectivity index (χ0) is 13.3. The molecule has 1 aliphatic heterocycles. The van der Waals surface area contributed by atoms with E-state index in [0.717, 1.165) is 6.07 Å². The fourth-order valence-corrected chi connectivity index (χ4v) is 2.97. The molecule has 1 fully saturated rings. The van der Waals surface area contributed by atoms with Crippen molar-refractivity contribution in [3.8, 4) is 0 Å². The van der Waals surface area contributed by atoms with E-state index >= 15 is 0 Å². The first-order chi connectivity index (χ1) is 8.50. The molecule has 0 saturated carbocycles. The molecule has 0 bridgehead atoms. The van der Waals surface area contributed by atoms with Crippen LogP contribution in [-0.4, -0.2) is 44.0 Å². The molecule has 5 nitrogen and oxygen atoms in total. The molecule has 0 spiro atoms. The van der Waals surface area contributed by atoms with Gasteiger partial charge in [0.05, 0.1) is 5.37 Å². The highest BCUT2D eigenvalue weighted by Crippen LogP contribution is 2.30. The number of rotatable bonds is 2. The van der Waals surface area contributed by atoms with Crippen LogP contribution in [0, 0.1) is 5.95 Å². The minimum Gasteiger partial charge on any atom is -0.480 e. The Labute approximate surface area is 107 Å². The number of hydrogen-bond acceptors (Lipinski definition) is 4. The molecule has 0 radical (unpaired) electrons. The molecule has 2 rings (SSSR count). The van der Waals surface area contributed by atoms with E-state index in [1.54, 1.807) is 6.92 Å². The third-order valence-electron chi connectivity index (χ3n) is 2.68. The molecule has 1 saturated heterocycles. The number of pyridine rings is 1. The van der Waals surface area contributed by atoms with Crippen molar-refractivity contribution in [3.63, 3.8) is 0 Å². The van der Waals surface area contributed by atoms with E-state index in [1.165, 1.54) is 28.8 Å².